The third kappa shape index (κ3) is 4.08. The number of nitrogens with one attached hydrogen (secondary N) is 1. The van der Waals surface area contributed by atoms with E-state index in [-0.39, 0.29) is 11.7 Å². The van der Waals surface area contributed by atoms with Crippen LogP contribution in [0.3, 0.4) is 0 Å². The van der Waals surface area contributed by atoms with Crippen molar-refractivity contribution < 1.29 is 9.59 Å². The number of nitrogens with zero attached hydrogens (tertiary/aromatic N) is 2. The summed E-state index contributed by atoms with van der Waals surface area (Å²) in [5.74, 6) is -0.340. The van der Waals surface area contributed by atoms with Crippen molar-refractivity contribution in [2.24, 2.45) is 0 Å². The summed E-state index contributed by atoms with van der Waals surface area (Å²) in [6.45, 7) is 5.26. The van der Waals surface area contributed by atoms with Crippen molar-refractivity contribution in [2.45, 2.75) is 26.8 Å². The molecule has 3 rings (SSSR count). The van der Waals surface area contributed by atoms with Crippen molar-refractivity contribution in [1.82, 2.24) is 15.1 Å². The SMILES string of the molecule is Cc1cc(C)n(CCCNC(=O)c2ccccc2C(=O)c2cccs2)n1. The zero-order chi connectivity index (χ0) is 18.5. The number of benzene rings is 1. The Morgan fingerprint density at radius 3 is 2.54 bits per heavy atom. The zero-order valence-electron chi connectivity index (χ0n) is 14.9. The lowest BCUT2D eigenvalue weighted by molar-refractivity contribution is 0.0941. The molecule has 6 heteroatoms. The highest BCUT2D eigenvalue weighted by Gasteiger charge is 2.18. The van der Waals surface area contributed by atoms with Gasteiger partial charge in [-0.25, -0.2) is 0 Å². The number of carbonyl (C=O) groups is 2. The number of thiophene rings is 1. The molecule has 1 amide bonds. The molecule has 0 fully saturated rings. The average molecular weight is 367 g/mol. The van der Waals surface area contributed by atoms with Crippen LogP contribution in [0.15, 0.2) is 47.8 Å². The summed E-state index contributed by atoms with van der Waals surface area (Å²) >= 11 is 1.38. The highest BCUT2D eigenvalue weighted by molar-refractivity contribution is 7.12. The predicted octanol–water partition coefficient (Wildman–Crippen LogP) is 3.61. The summed E-state index contributed by atoms with van der Waals surface area (Å²) in [5.41, 5.74) is 2.95. The third-order valence-electron chi connectivity index (χ3n) is 4.10. The maximum atomic E-state index is 12.6. The van der Waals surface area contributed by atoms with E-state index in [2.05, 4.69) is 10.4 Å². The molecule has 5 nitrogen and oxygen atoms in total. The molecule has 0 aliphatic heterocycles. The van der Waals surface area contributed by atoms with Crippen molar-refractivity contribution in [1.29, 1.82) is 0 Å². The lowest BCUT2D eigenvalue weighted by atomic mass is 10.0. The van der Waals surface area contributed by atoms with Gasteiger partial charge in [0.25, 0.3) is 5.91 Å². The van der Waals surface area contributed by atoms with Crippen LogP contribution in [0.5, 0.6) is 0 Å². The summed E-state index contributed by atoms with van der Waals surface area (Å²) in [6.07, 6.45) is 0.773. The molecule has 0 spiro atoms. The first kappa shape index (κ1) is 18.1. The molecular formula is C20H21N3O2S. The van der Waals surface area contributed by atoms with Crippen LogP contribution in [0.4, 0.5) is 0 Å². The molecule has 0 unspecified atom stereocenters. The number of hydrogen-bond acceptors (Lipinski definition) is 4. The molecule has 2 heterocycles. The van der Waals surface area contributed by atoms with Gasteiger partial charge in [-0.1, -0.05) is 24.3 Å². The first-order chi connectivity index (χ1) is 12.6. The van der Waals surface area contributed by atoms with Gasteiger partial charge in [-0.3, -0.25) is 14.3 Å². The molecule has 0 atom stereocenters. The van der Waals surface area contributed by atoms with Gasteiger partial charge in [0.15, 0.2) is 0 Å². The van der Waals surface area contributed by atoms with Gasteiger partial charge in [0, 0.05) is 24.3 Å². The minimum Gasteiger partial charge on any atom is -0.352 e. The number of aryl methyl sites for hydroxylation is 3. The van der Waals surface area contributed by atoms with Crippen molar-refractivity contribution >= 4 is 23.0 Å². The van der Waals surface area contributed by atoms with Crippen LogP contribution >= 0.6 is 11.3 Å². The largest absolute Gasteiger partial charge is 0.352 e. The molecule has 0 aliphatic carbocycles. The van der Waals surface area contributed by atoms with Crippen LogP contribution in [0.2, 0.25) is 0 Å². The molecule has 1 N–H and O–H groups in total. The van der Waals surface area contributed by atoms with E-state index < -0.39 is 0 Å². The third-order valence-corrected chi connectivity index (χ3v) is 4.97. The van der Waals surface area contributed by atoms with E-state index in [9.17, 15) is 9.59 Å². The van der Waals surface area contributed by atoms with E-state index in [1.165, 1.54) is 11.3 Å². The minimum absolute atomic E-state index is 0.117. The molecule has 0 bridgehead atoms. The van der Waals surface area contributed by atoms with Gasteiger partial charge >= 0.3 is 0 Å². The summed E-state index contributed by atoms with van der Waals surface area (Å²) in [6, 6.07) is 12.6. The molecule has 0 aliphatic rings. The van der Waals surface area contributed by atoms with E-state index in [1.807, 2.05) is 36.0 Å². The van der Waals surface area contributed by atoms with E-state index in [4.69, 9.17) is 0 Å². The Kier molecular flexibility index (Phi) is 5.63. The predicted molar refractivity (Wildman–Crippen MR) is 103 cm³/mol. The number of carbonyl (C=O) groups excluding carboxylic acids is 2. The highest BCUT2D eigenvalue weighted by atomic mass is 32.1. The highest BCUT2D eigenvalue weighted by Crippen LogP contribution is 2.18. The number of ketones is 1. The van der Waals surface area contributed by atoms with Gasteiger partial charge in [0.1, 0.15) is 0 Å². The van der Waals surface area contributed by atoms with Gasteiger partial charge < -0.3 is 5.32 Å². The average Bonchev–Trinajstić information content (AvgIpc) is 3.28. The Morgan fingerprint density at radius 2 is 1.88 bits per heavy atom. The molecule has 26 heavy (non-hydrogen) atoms. The Hall–Kier alpha value is -2.73. The monoisotopic (exact) mass is 367 g/mol. The Morgan fingerprint density at radius 1 is 1.12 bits per heavy atom. The number of amides is 1. The fourth-order valence-electron chi connectivity index (χ4n) is 2.85. The molecule has 1 aromatic carbocycles. The van der Waals surface area contributed by atoms with E-state index in [1.54, 1.807) is 30.3 Å². The summed E-state index contributed by atoms with van der Waals surface area (Å²) < 4.78 is 1.94. The zero-order valence-corrected chi connectivity index (χ0v) is 15.7. The molecule has 0 radical (unpaired) electrons. The fourth-order valence-corrected chi connectivity index (χ4v) is 3.52. The number of aromatic nitrogens is 2. The summed E-state index contributed by atoms with van der Waals surface area (Å²) in [7, 11) is 0. The van der Waals surface area contributed by atoms with Gasteiger partial charge in [0.05, 0.1) is 16.1 Å². The van der Waals surface area contributed by atoms with E-state index >= 15 is 0 Å². The standard InChI is InChI=1S/C20H21N3O2S/c1-14-13-15(2)23(22-14)11-6-10-21-20(25)17-8-4-3-7-16(17)19(24)18-9-5-12-26-18/h3-5,7-9,12-13H,6,10-11H2,1-2H3,(H,21,25). The van der Waals surface area contributed by atoms with Crippen LogP contribution in [0.25, 0.3) is 0 Å². The second kappa shape index (κ2) is 8.10. The Bertz CT molecular complexity index is 913. The Balaban J connectivity index is 1.61. The van der Waals surface area contributed by atoms with Crippen molar-refractivity contribution in [3.8, 4) is 0 Å². The van der Waals surface area contributed by atoms with Gasteiger partial charge in [-0.15, -0.1) is 11.3 Å². The quantitative estimate of drug-likeness (QED) is 0.512. The van der Waals surface area contributed by atoms with Crippen LogP contribution in [-0.4, -0.2) is 28.0 Å². The van der Waals surface area contributed by atoms with Crippen LogP contribution in [0, 0.1) is 13.8 Å². The van der Waals surface area contributed by atoms with Gasteiger partial charge in [0.2, 0.25) is 5.78 Å². The number of rotatable bonds is 7. The van der Waals surface area contributed by atoms with E-state index in [0.29, 0.717) is 22.5 Å². The van der Waals surface area contributed by atoms with Crippen molar-refractivity contribution in [2.75, 3.05) is 6.54 Å². The lowest BCUT2D eigenvalue weighted by Crippen LogP contribution is -2.27. The van der Waals surface area contributed by atoms with Crippen LogP contribution in [-0.2, 0) is 6.54 Å². The topological polar surface area (TPSA) is 64.0 Å². The smallest absolute Gasteiger partial charge is 0.252 e. The molecule has 0 saturated heterocycles. The Labute approximate surface area is 156 Å². The first-order valence-corrected chi connectivity index (χ1v) is 9.40. The maximum absolute atomic E-state index is 12.6. The van der Waals surface area contributed by atoms with Crippen LogP contribution in [0.1, 0.15) is 43.4 Å². The molecule has 3 aromatic rings. The molecule has 134 valence electrons. The second-order valence-corrected chi connectivity index (χ2v) is 7.06. The number of hydrogen-bond donors (Lipinski definition) is 1. The van der Waals surface area contributed by atoms with Crippen molar-refractivity contribution in [3.05, 3.63) is 75.2 Å². The minimum atomic E-state index is -0.223. The van der Waals surface area contributed by atoms with Gasteiger partial charge in [-0.2, -0.15) is 5.10 Å². The second-order valence-electron chi connectivity index (χ2n) is 6.11. The molecular weight excluding hydrogens is 346 g/mol. The first-order valence-electron chi connectivity index (χ1n) is 8.53. The van der Waals surface area contributed by atoms with E-state index in [0.717, 1.165) is 24.4 Å². The molecule has 2 aromatic heterocycles. The molecule has 0 saturated carbocycles. The lowest BCUT2D eigenvalue weighted by Gasteiger charge is -2.09. The normalized spacial score (nSPS) is 10.7. The summed E-state index contributed by atoms with van der Waals surface area (Å²) in [4.78, 5) is 25.8. The summed E-state index contributed by atoms with van der Waals surface area (Å²) in [5, 5.41) is 9.17. The van der Waals surface area contributed by atoms with Crippen molar-refractivity contribution in [3.63, 3.8) is 0 Å². The van der Waals surface area contributed by atoms with Crippen LogP contribution < -0.4 is 5.32 Å². The fraction of sp³-hybridized carbons (Fsp3) is 0.250. The maximum Gasteiger partial charge on any atom is 0.252 e. The van der Waals surface area contributed by atoms with Gasteiger partial charge in [-0.05, 0) is 43.8 Å².